The first-order valence-electron chi connectivity index (χ1n) is 6.99. The van der Waals surface area contributed by atoms with E-state index in [9.17, 15) is 14.3 Å². The molecule has 6 nitrogen and oxygen atoms in total. The Hall–Kier alpha value is -2.57. The van der Waals surface area contributed by atoms with Crippen molar-refractivity contribution in [1.29, 1.82) is 0 Å². The molecule has 1 aromatic carbocycles. The Morgan fingerprint density at radius 1 is 1.36 bits per heavy atom. The van der Waals surface area contributed by atoms with E-state index >= 15 is 0 Å². The third-order valence-electron chi connectivity index (χ3n) is 3.95. The molecule has 1 aromatic heterocycles. The molecule has 1 aliphatic heterocycles. The molecule has 1 amide bonds. The predicted molar refractivity (Wildman–Crippen MR) is 79.8 cm³/mol. The van der Waals surface area contributed by atoms with Gasteiger partial charge in [-0.05, 0) is 25.1 Å². The highest BCUT2D eigenvalue weighted by Crippen LogP contribution is 2.27. The molecule has 3 rings (SSSR count). The highest BCUT2D eigenvalue weighted by atomic mass is 19.1. The van der Waals surface area contributed by atoms with Gasteiger partial charge in [0.25, 0.3) is 0 Å². The van der Waals surface area contributed by atoms with Crippen LogP contribution in [-0.4, -0.2) is 51.9 Å². The zero-order valence-electron chi connectivity index (χ0n) is 12.0. The second-order valence-corrected chi connectivity index (χ2v) is 5.44. The summed E-state index contributed by atoms with van der Waals surface area (Å²) in [6.07, 6.45) is -0.934. The van der Waals surface area contributed by atoms with Crippen molar-refractivity contribution >= 4 is 22.7 Å². The lowest BCUT2D eigenvalue weighted by atomic mass is 10.1. The zero-order valence-corrected chi connectivity index (χ0v) is 12.0. The van der Waals surface area contributed by atoms with Crippen LogP contribution in [0.15, 0.2) is 24.3 Å². The fourth-order valence-corrected chi connectivity index (χ4v) is 2.83. The number of hydrogen-bond acceptors (Lipinski definition) is 4. The highest BCUT2D eigenvalue weighted by Gasteiger charge is 2.27. The second-order valence-electron chi connectivity index (χ2n) is 5.44. The lowest BCUT2D eigenvalue weighted by Gasteiger charge is -2.39. The Bertz CT molecular complexity index is 737. The van der Waals surface area contributed by atoms with Gasteiger partial charge in [-0.2, -0.15) is 0 Å². The van der Waals surface area contributed by atoms with Gasteiger partial charge in [-0.1, -0.05) is 0 Å². The first-order valence-corrected chi connectivity index (χ1v) is 6.99. The van der Waals surface area contributed by atoms with Gasteiger partial charge in [-0.15, -0.1) is 0 Å². The van der Waals surface area contributed by atoms with Gasteiger partial charge in [-0.25, -0.2) is 14.2 Å². The van der Waals surface area contributed by atoms with E-state index in [1.165, 1.54) is 17.0 Å². The van der Waals surface area contributed by atoms with Crippen molar-refractivity contribution in [3.8, 4) is 5.88 Å². The van der Waals surface area contributed by atoms with Crippen LogP contribution in [0.5, 0.6) is 5.88 Å². The summed E-state index contributed by atoms with van der Waals surface area (Å²) >= 11 is 0. The Morgan fingerprint density at radius 3 is 2.82 bits per heavy atom. The Kier molecular flexibility index (Phi) is 3.48. The van der Waals surface area contributed by atoms with E-state index in [1.54, 1.807) is 12.1 Å². The lowest BCUT2D eigenvalue weighted by molar-refractivity contribution is 0.122. The number of halogens is 1. The lowest BCUT2D eigenvalue weighted by Crippen LogP contribution is -2.53. The monoisotopic (exact) mass is 305 g/mol. The van der Waals surface area contributed by atoms with Crippen LogP contribution in [0, 0.1) is 5.82 Å². The predicted octanol–water partition coefficient (Wildman–Crippen LogP) is 2.27. The molecule has 0 radical (unpaired) electrons. The van der Waals surface area contributed by atoms with E-state index in [1.807, 2.05) is 11.8 Å². The molecule has 0 bridgehead atoms. The number of pyridine rings is 1. The van der Waals surface area contributed by atoms with E-state index in [-0.39, 0.29) is 17.4 Å². The molecule has 7 heteroatoms. The van der Waals surface area contributed by atoms with E-state index < -0.39 is 11.9 Å². The van der Waals surface area contributed by atoms with E-state index in [4.69, 9.17) is 5.11 Å². The normalized spacial score (nSPS) is 18.7. The number of amides is 1. The topological polar surface area (TPSA) is 76.9 Å². The fourth-order valence-electron chi connectivity index (χ4n) is 2.83. The minimum Gasteiger partial charge on any atom is -0.493 e. The van der Waals surface area contributed by atoms with Crippen LogP contribution in [0.25, 0.3) is 10.9 Å². The molecule has 1 aliphatic rings. The van der Waals surface area contributed by atoms with Gasteiger partial charge in [0.05, 0.1) is 0 Å². The van der Waals surface area contributed by atoms with Crippen LogP contribution in [0.2, 0.25) is 0 Å². The molecule has 0 aliphatic carbocycles. The van der Waals surface area contributed by atoms with Crippen LogP contribution < -0.4 is 4.90 Å². The van der Waals surface area contributed by atoms with Gasteiger partial charge in [-0.3, -0.25) is 0 Å². The number of aromatic hydroxyl groups is 1. The fraction of sp³-hybridized carbons (Fsp3) is 0.333. The van der Waals surface area contributed by atoms with Crippen LogP contribution in [0.3, 0.4) is 0 Å². The molecule has 1 atom stereocenters. The molecule has 22 heavy (non-hydrogen) atoms. The smallest absolute Gasteiger partial charge is 0.407 e. The first-order chi connectivity index (χ1) is 10.5. The number of nitrogens with zero attached hydrogens (tertiary/aromatic N) is 3. The minimum absolute atomic E-state index is 0.126. The molecule has 116 valence electrons. The van der Waals surface area contributed by atoms with Crippen molar-refractivity contribution in [1.82, 2.24) is 9.88 Å². The van der Waals surface area contributed by atoms with Gasteiger partial charge >= 0.3 is 6.09 Å². The number of carbonyl (C=O) groups is 1. The van der Waals surface area contributed by atoms with Gasteiger partial charge in [0.15, 0.2) is 5.82 Å². The van der Waals surface area contributed by atoms with Crippen molar-refractivity contribution in [2.75, 3.05) is 24.5 Å². The first kappa shape index (κ1) is 14.4. The van der Waals surface area contributed by atoms with Gasteiger partial charge in [0.1, 0.15) is 5.52 Å². The number of aromatic nitrogens is 1. The Morgan fingerprint density at radius 2 is 2.14 bits per heavy atom. The van der Waals surface area contributed by atoms with Crippen LogP contribution in [0.1, 0.15) is 6.92 Å². The number of fused-ring (bicyclic) bond motifs is 1. The van der Waals surface area contributed by atoms with Crippen molar-refractivity contribution in [3.05, 3.63) is 30.1 Å². The number of hydrogen-bond donors (Lipinski definition) is 2. The average molecular weight is 305 g/mol. The van der Waals surface area contributed by atoms with Crippen molar-refractivity contribution in [2.45, 2.75) is 13.0 Å². The van der Waals surface area contributed by atoms with Crippen molar-refractivity contribution in [3.63, 3.8) is 0 Å². The summed E-state index contributed by atoms with van der Waals surface area (Å²) in [5, 5.41) is 19.0. The third kappa shape index (κ3) is 2.49. The maximum Gasteiger partial charge on any atom is 0.407 e. The summed E-state index contributed by atoms with van der Waals surface area (Å²) in [5.41, 5.74) is 0.815. The summed E-state index contributed by atoms with van der Waals surface area (Å²) in [6.45, 7) is 3.22. The number of benzene rings is 1. The van der Waals surface area contributed by atoms with Crippen LogP contribution in [0.4, 0.5) is 14.9 Å². The van der Waals surface area contributed by atoms with Crippen molar-refractivity contribution < 1.29 is 19.4 Å². The maximum atomic E-state index is 14.2. The number of rotatable bonds is 1. The summed E-state index contributed by atoms with van der Waals surface area (Å²) in [6, 6.07) is 6.03. The zero-order chi connectivity index (χ0) is 15.9. The third-order valence-corrected chi connectivity index (χ3v) is 3.95. The molecule has 1 saturated heterocycles. The Labute approximate surface area is 126 Å². The quantitative estimate of drug-likeness (QED) is 0.845. The summed E-state index contributed by atoms with van der Waals surface area (Å²) in [5.74, 6) is -0.723. The molecule has 2 N–H and O–H groups in total. The maximum absolute atomic E-state index is 14.2. The molecule has 2 aromatic rings. The van der Waals surface area contributed by atoms with Crippen LogP contribution >= 0.6 is 0 Å². The van der Waals surface area contributed by atoms with Gasteiger partial charge < -0.3 is 20.0 Å². The van der Waals surface area contributed by atoms with Gasteiger partial charge in [0, 0.05) is 42.8 Å². The molecule has 0 saturated carbocycles. The molecule has 0 unspecified atom stereocenters. The minimum atomic E-state index is -0.934. The standard InChI is InChI=1S/C15H16FN3O3/c1-9-8-18(4-5-19(9)15(21)22)11-6-10-2-3-13(20)17-14(10)12(16)7-11/h2-3,6-7,9H,4-5,8H2,1H3,(H,17,20)(H,21,22)/t9-/m0/s1. The average Bonchev–Trinajstić information content (AvgIpc) is 2.47. The number of piperazine rings is 1. The van der Waals surface area contributed by atoms with Crippen LogP contribution in [-0.2, 0) is 0 Å². The molecule has 1 fully saturated rings. The summed E-state index contributed by atoms with van der Waals surface area (Å²) in [7, 11) is 0. The van der Waals surface area contributed by atoms with E-state index in [0.29, 0.717) is 30.7 Å². The molecule has 2 heterocycles. The van der Waals surface area contributed by atoms with E-state index in [2.05, 4.69) is 4.98 Å². The Balaban J connectivity index is 1.91. The second kappa shape index (κ2) is 5.32. The van der Waals surface area contributed by atoms with E-state index in [0.717, 1.165) is 0 Å². The molecule has 0 spiro atoms. The summed E-state index contributed by atoms with van der Waals surface area (Å²) < 4.78 is 14.2. The van der Waals surface area contributed by atoms with Gasteiger partial charge in [0.2, 0.25) is 5.88 Å². The molecular weight excluding hydrogens is 289 g/mol. The number of anilines is 1. The van der Waals surface area contributed by atoms with Crippen molar-refractivity contribution in [2.24, 2.45) is 0 Å². The highest BCUT2D eigenvalue weighted by molar-refractivity contribution is 5.83. The largest absolute Gasteiger partial charge is 0.493 e. The molecular formula is C15H16FN3O3. The summed E-state index contributed by atoms with van der Waals surface area (Å²) in [4.78, 5) is 18.2. The number of carboxylic acid groups (broad SMARTS) is 1. The SMILES string of the molecule is C[C@H]1CN(c2cc(F)c3nc(O)ccc3c2)CCN1C(=O)O.